The van der Waals surface area contributed by atoms with Gasteiger partial charge < -0.3 is 15.4 Å². The van der Waals surface area contributed by atoms with Crippen LogP contribution in [0.25, 0.3) is 0 Å². The maximum Gasteiger partial charge on any atom is 0.234 e. The van der Waals surface area contributed by atoms with E-state index in [0.717, 1.165) is 39.3 Å². The van der Waals surface area contributed by atoms with Crippen LogP contribution in [-0.2, 0) is 9.53 Å². The van der Waals surface area contributed by atoms with E-state index in [1.165, 1.54) is 0 Å². The molecule has 1 rings (SSSR count). The molecule has 1 fully saturated rings. The van der Waals surface area contributed by atoms with Gasteiger partial charge in [-0.25, -0.2) is 0 Å². The molecule has 1 aliphatic heterocycles. The Balaban J connectivity index is 2.39. The Kier molecular flexibility index (Phi) is 7.63. The molecule has 124 valence electrons. The third-order valence-corrected chi connectivity index (χ3v) is 3.62. The molecule has 1 unspecified atom stereocenters. The van der Waals surface area contributed by atoms with Gasteiger partial charge in [0.1, 0.15) is 0 Å². The molecule has 0 aliphatic carbocycles. The van der Waals surface area contributed by atoms with Crippen LogP contribution in [0.1, 0.15) is 41.0 Å². The van der Waals surface area contributed by atoms with Crippen LogP contribution < -0.4 is 10.6 Å². The lowest BCUT2D eigenvalue weighted by Crippen LogP contribution is -2.51. The van der Waals surface area contributed by atoms with Gasteiger partial charge in [0, 0.05) is 31.2 Å². The topological polar surface area (TPSA) is 53.6 Å². The summed E-state index contributed by atoms with van der Waals surface area (Å²) in [5.74, 6) is 0.703. The van der Waals surface area contributed by atoms with Crippen molar-refractivity contribution < 1.29 is 9.53 Å². The Morgan fingerprint density at radius 2 is 1.86 bits per heavy atom. The number of ether oxygens (including phenoxy) is 1. The molecule has 0 radical (unpaired) electrons. The van der Waals surface area contributed by atoms with E-state index in [4.69, 9.17) is 4.74 Å². The molecule has 1 amide bonds. The molecule has 1 saturated heterocycles. The lowest BCUT2D eigenvalue weighted by atomic mass is 10.0. The zero-order valence-electron chi connectivity index (χ0n) is 14.4. The molecule has 2 N–H and O–H groups in total. The molecular weight excluding hydrogens is 266 g/mol. The Morgan fingerprint density at radius 3 is 2.38 bits per heavy atom. The molecule has 21 heavy (non-hydrogen) atoms. The fourth-order valence-corrected chi connectivity index (χ4v) is 2.49. The van der Waals surface area contributed by atoms with Crippen LogP contribution in [0.15, 0.2) is 0 Å². The lowest BCUT2D eigenvalue weighted by molar-refractivity contribution is -0.120. The highest BCUT2D eigenvalue weighted by atomic mass is 16.5. The van der Waals surface area contributed by atoms with Crippen molar-refractivity contribution >= 4 is 5.91 Å². The van der Waals surface area contributed by atoms with Gasteiger partial charge in [0.25, 0.3) is 0 Å². The van der Waals surface area contributed by atoms with Crippen molar-refractivity contribution in [3.63, 3.8) is 0 Å². The monoisotopic (exact) mass is 299 g/mol. The van der Waals surface area contributed by atoms with Gasteiger partial charge in [0.2, 0.25) is 5.91 Å². The van der Waals surface area contributed by atoms with E-state index >= 15 is 0 Å². The Hall–Kier alpha value is -0.650. The maximum atomic E-state index is 11.9. The molecule has 0 aromatic carbocycles. The average molecular weight is 299 g/mol. The molecule has 0 bridgehead atoms. The van der Waals surface area contributed by atoms with Gasteiger partial charge in [0.05, 0.1) is 19.8 Å². The molecule has 1 heterocycles. The van der Waals surface area contributed by atoms with Crippen LogP contribution in [0.4, 0.5) is 0 Å². The van der Waals surface area contributed by atoms with Crippen molar-refractivity contribution in [2.45, 2.75) is 52.6 Å². The summed E-state index contributed by atoms with van der Waals surface area (Å²) in [6.07, 6.45) is 1.10. The first-order chi connectivity index (χ1) is 9.78. The largest absolute Gasteiger partial charge is 0.379 e. The van der Waals surface area contributed by atoms with E-state index in [-0.39, 0.29) is 11.4 Å². The second-order valence-electron chi connectivity index (χ2n) is 7.34. The SMILES string of the molecule is CC(C)CC(CNC(=O)CNC(C)(C)C)N1CCOCC1. The van der Waals surface area contributed by atoms with E-state index in [1.54, 1.807) is 0 Å². The number of nitrogens with one attached hydrogen (secondary N) is 2. The number of carbonyl (C=O) groups excluding carboxylic acids is 1. The molecule has 1 aliphatic rings. The molecule has 1 atom stereocenters. The summed E-state index contributed by atoms with van der Waals surface area (Å²) in [4.78, 5) is 14.4. The zero-order chi connectivity index (χ0) is 15.9. The first kappa shape index (κ1) is 18.4. The van der Waals surface area contributed by atoms with E-state index in [1.807, 2.05) is 0 Å². The van der Waals surface area contributed by atoms with Crippen molar-refractivity contribution in [2.75, 3.05) is 39.4 Å². The van der Waals surface area contributed by atoms with Gasteiger partial charge in [0.15, 0.2) is 0 Å². The molecule has 5 heteroatoms. The summed E-state index contributed by atoms with van der Waals surface area (Å²) in [6.45, 7) is 15.3. The van der Waals surface area contributed by atoms with Gasteiger partial charge in [-0.1, -0.05) is 13.8 Å². The van der Waals surface area contributed by atoms with Gasteiger partial charge in [-0.2, -0.15) is 0 Å². The predicted octanol–water partition coefficient (Wildman–Crippen LogP) is 1.24. The fourth-order valence-electron chi connectivity index (χ4n) is 2.49. The van der Waals surface area contributed by atoms with Crippen LogP contribution >= 0.6 is 0 Å². The smallest absolute Gasteiger partial charge is 0.234 e. The van der Waals surface area contributed by atoms with Gasteiger partial charge in [-0.3, -0.25) is 9.69 Å². The van der Waals surface area contributed by atoms with Crippen LogP contribution in [0, 0.1) is 5.92 Å². The zero-order valence-corrected chi connectivity index (χ0v) is 14.4. The first-order valence-electron chi connectivity index (χ1n) is 8.11. The predicted molar refractivity (Wildman–Crippen MR) is 86.4 cm³/mol. The van der Waals surface area contributed by atoms with Gasteiger partial charge in [-0.15, -0.1) is 0 Å². The highest BCUT2D eigenvalue weighted by molar-refractivity contribution is 5.78. The van der Waals surface area contributed by atoms with Crippen molar-refractivity contribution in [1.82, 2.24) is 15.5 Å². The number of hydrogen-bond acceptors (Lipinski definition) is 4. The van der Waals surface area contributed by atoms with E-state index < -0.39 is 0 Å². The van der Waals surface area contributed by atoms with Crippen molar-refractivity contribution in [1.29, 1.82) is 0 Å². The summed E-state index contributed by atoms with van der Waals surface area (Å²) in [5.41, 5.74) is -0.0289. The van der Waals surface area contributed by atoms with Crippen LogP contribution in [0.5, 0.6) is 0 Å². The summed E-state index contributed by atoms with van der Waals surface area (Å²) in [6, 6.07) is 0.410. The molecule has 5 nitrogen and oxygen atoms in total. The summed E-state index contributed by atoms with van der Waals surface area (Å²) in [7, 11) is 0. The molecule has 0 spiro atoms. The minimum absolute atomic E-state index is 0.0289. The number of amides is 1. The highest BCUT2D eigenvalue weighted by Gasteiger charge is 2.22. The Labute approximate surface area is 129 Å². The summed E-state index contributed by atoms with van der Waals surface area (Å²) >= 11 is 0. The fraction of sp³-hybridized carbons (Fsp3) is 0.938. The van der Waals surface area contributed by atoms with Crippen molar-refractivity contribution in [3.05, 3.63) is 0 Å². The minimum Gasteiger partial charge on any atom is -0.379 e. The van der Waals surface area contributed by atoms with Crippen molar-refractivity contribution in [2.24, 2.45) is 5.92 Å². The Morgan fingerprint density at radius 1 is 1.24 bits per heavy atom. The first-order valence-corrected chi connectivity index (χ1v) is 8.11. The van der Waals surface area contributed by atoms with E-state index in [0.29, 0.717) is 18.5 Å². The maximum absolute atomic E-state index is 11.9. The number of nitrogens with zero attached hydrogens (tertiary/aromatic N) is 1. The average Bonchev–Trinajstić information content (AvgIpc) is 2.41. The third kappa shape index (κ3) is 8.39. The molecule has 0 aromatic heterocycles. The van der Waals surface area contributed by atoms with Gasteiger partial charge >= 0.3 is 0 Å². The number of rotatable bonds is 7. The van der Waals surface area contributed by atoms with E-state index in [9.17, 15) is 4.79 Å². The second kappa shape index (κ2) is 8.71. The lowest BCUT2D eigenvalue weighted by Gasteiger charge is -2.35. The van der Waals surface area contributed by atoms with E-state index in [2.05, 4.69) is 50.2 Å². The highest BCUT2D eigenvalue weighted by Crippen LogP contribution is 2.12. The summed E-state index contributed by atoms with van der Waals surface area (Å²) in [5, 5.41) is 6.29. The number of carbonyl (C=O) groups is 1. The quantitative estimate of drug-likeness (QED) is 0.742. The standard InChI is InChI=1S/C16H33N3O2/c1-13(2)10-14(19-6-8-21-9-7-19)11-17-15(20)12-18-16(3,4)5/h13-14,18H,6-12H2,1-5H3,(H,17,20). The third-order valence-electron chi connectivity index (χ3n) is 3.62. The second-order valence-corrected chi connectivity index (χ2v) is 7.34. The minimum atomic E-state index is -0.0289. The van der Waals surface area contributed by atoms with Crippen molar-refractivity contribution in [3.8, 4) is 0 Å². The summed E-state index contributed by atoms with van der Waals surface area (Å²) < 4.78 is 5.42. The molecule has 0 saturated carbocycles. The van der Waals surface area contributed by atoms with Crippen LogP contribution in [0.3, 0.4) is 0 Å². The van der Waals surface area contributed by atoms with Crippen LogP contribution in [0.2, 0.25) is 0 Å². The molecule has 0 aromatic rings. The molecular formula is C16H33N3O2. The number of morpholine rings is 1. The normalized spacial score (nSPS) is 18.8. The number of hydrogen-bond donors (Lipinski definition) is 2. The van der Waals surface area contributed by atoms with Crippen LogP contribution in [-0.4, -0.2) is 61.8 Å². The van der Waals surface area contributed by atoms with Gasteiger partial charge in [-0.05, 0) is 33.1 Å². The Bertz CT molecular complexity index is 307.